The zero-order valence-electron chi connectivity index (χ0n) is 13.3. The highest BCUT2D eigenvalue weighted by molar-refractivity contribution is 6.30. The van der Waals surface area contributed by atoms with E-state index in [-0.39, 0.29) is 11.8 Å². The third kappa shape index (κ3) is 4.97. The molecular weight excluding hydrogens is 300 g/mol. The summed E-state index contributed by atoms with van der Waals surface area (Å²) in [6, 6.07) is 7.67. The first-order chi connectivity index (χ1) is 10.4. The number of carbonyl (C=O) groups is 1. The Hall–Kier alpha value is -1.10. The van der Waals surface area contributed by atoms with Gasteiger partial charge in [0.1, 0.15) is 0 Å². The Kier molecular flexibility index (Phi) is 5.84. The van der Waals surface area contributed by atoms with Crippen LogP contribution in [0.4, 0.5) is 0 Å². The fourth-order valence-corrected chi connectivity index (χ4v) is 2.83. The van der Waals surface area contributed by atoms with Crippen LogP contribution in [0, 0.1) is 5.92 Å². The van der Waals surface area contributed by atoms with Gasteiger partial charge in [0.25, 0.3) is 0 Å². The third-order valence-corrected chi connectivity index (χ3v) is 4.80. The number of likely N-dealkylation sites (tertiary alicyclic amines) is 1. The summed E-state index contributed by atoms with van der Waals surface area (Å²) in [5, 5.41) is 13.8. The van der Waals surface area contributed by atoms with Crippen molar-refractivity contribution in [2.45, 2.75) is 32.3 Å². The number of amides is 1. The van der Waals surface area contributed by atoms with Gasteiger partial charge in [0.2, 0.25) is 5.91 Å². The number of benzene rings is 1. The van der Waals surface area contributed by atoms with Crippen LogP contribution in [0.5, 0.6) is 0 Å². The first-order valence-electron chi connectivity index (χ1n) is 7.83. The van der Waals surface area contributed by atoms with Crippen LogP contribution in [0.3, 0.4) is 0 Å². The van der Waals surface area contributed by atoms with Crippen molar-refractivity contribution in [2.75, 3.05) is 26.2 Å². The highest BCUT2D eigenvalue weighted by atomic mass is 35.5. The second-order valence-corrected chi connectivity index (χ2v) is 6.91. The largest absolute Gasteiger partial charge is 0.390 e. The van der Waals surface area contributed by atoms with Crippen LogP contribution in [-0.4, -0.2) is 47.7 Å². The summed E-state index contributed by atoms with van der Waals surface area (Å²) in [4.78, 5) is 14.1. The SMILES string of the molecule is CC1CN(CC(=O)NCCc2ccc(Cl)cc2)CCC1(C)O. The molecule has 1 amide bonds. The quantitative estimate of drug-likeness (QED) is 0.872. The summed E-state index contributed by atoms with van der Waals surface area (Å²) in [7, 11) is 0. The topological polar surface area (TPSA) is 52.6 Å². The van der Waals surface area contributed by atoms with Gasteiger partial charge >= 0.3 is 0 Å². The monoisotopic (exact) mass is 324 g/mol. The predicted molar refractivity (Wildman–Crippen MR) is 89.0 cm³/mol. The van der Waals surface area contributed by atoms with Crippen LogP contribution in [-0.2, 0) is 11.2 Å². The number of hydrogen-bond donors (Lipinski definition) is 2. The Labute approximate surface area is 137 Å². The minimum atomic E-state index is -0.610. The van der Waals surface area contributed by atoms with Gasteiger partial charge in [0.15, 0.2) is 0 Å². The minimum Gasteiger partial charge on any atom is -0.390 e. The minimum absolute atomic E-state index is 0.0442. The van der Waals surface area contributed by atoms with Crippen LogP contribution >= 0.6 is 11.6 Å². The number of piperidine rings is 1. The third-order valence-electron chi connectivity index (χ3n) is 4.54. The first-order valence-corrected chi connectivity index (χ1v) is 8.20. The molecule has 0 bridgehead atoms. The maximum atomic E-state index is 12.0. The van der Waals surface area contributed by atoms with Gasteiger partial charge in [-0.1, -0.05) is 30.7 Å². The molecule has 5 heteroatoms. The molecule has 0 radical (unpaired) electrons. The van der Waals surface area contributed by atoms with Crippen molar-refractivity contribution in [1.82, 2.24) is 10.2 Å². The summed E-state index contributed by atoms with van der Waals surface area (Å²) < 4.78 is 0. The lowest BCUT2D eigenvalue weighted by Crippen LogP contribution is -2.51. The number of hydrogen-bond acceptors (Lipinski definition) is 3. The standard InChI is InChI=1S/C17H25ClN2O2/c1-13-11-20(10-8-17(13,2)22)12-16(21)19-9-7-14-3-5-15(18)6-4-14/h3-6,13,22H,7-12H2,1-2H3,(H,19,21). The Morgan fingerprint density at radius 3 is 2.77 bits per heavy atom. The Morgan fingerprint density at radius 1 is 1.45 bits per heavy atom. The van der Waals surface area contributed by atoms with E-state index in [0.29, 0.717) is 19.5 Å². The number of nitrogens with one attached hydrogen (secondary N) is 1. The summed E-state index contributed by atoms with van der Waals surface area (Å²) in [6.45, 7) is 6.47. The normalized spacial score (nSPS) is 25.9. The van der Waals surface area contributed by atoms with E-state index in [1.165, 1.54) is 0 Å². The highest BCUT2D eigenvalue weighted by Crippen LogP contribution is 2.26. The predicted octanol–water partition coefficient (Wildman–Crippen LogP) is 2.09. The zero-order chi connectivity index (χ0) is 16.2. The molecule has 1 heterocycles. The van der Waals surface area contributed by atoms with Gasteiger partial charge in [0.05, 0.1) is 12.1 Å². The summed E-state index contributed by atoms with van der Waals surface area (Å²) >= 11 is 5.84. The molecule has 2 N–H and O–H groups in total. The van der Waals surface area contributed by atoms with Crippen molar-refractivity contribution in [1.29, 1.82) is 0 Å². The number of aliphatic hydroxyl groups is 1. The molecule has 1 aliphatic rings. The van der Waals surface area contributed by atoms with Crippen LogP contribution in [0.2, 0.25) is 5.02 Å². The van der Waals surface area contributed by atoms with Crippen LogP contribution < -0.4 is 5.32 Å². The molecule has 0 aliphatic carbocycles. The number of carbonyl (C=O) groups excluding carboxylic acids is 1. The molecule has 1 aromatic rings. The maximum absolute atomic E-state index is 12.0. The molecule has 1 saturated heterocycles. The van der Waals surface area contributed by atoms with Gasteiger partial charge in [-0.05, 0) is 43.4 Å². The van der Waals surface area contributed by atoms with Crippen molar-refractivity contribution in [2.24, 2.45) is 5.92 Å². The molecule has 1 aromatic carbocycles. The van der Waals surface area contributed by atoms with Gasteiger partial charge in [-0.25, -0.2) is 0 Å². The van der Waals surface area contributed by atoms with Gasteiger partial charge in [0, 0.05) is 24.7 Å². The average Bonchev–Trinajstić information content (AvgIpc) is 2.45. The number of halogens is 1. The van der Waals surface area contributed by atoms with E-state index in [9.17, 15) is 9.90 Å². The molecule has 2 atom stereocenters. The molecular formula is C17H25ClN2O2. The molecule has 1 fully saturated rings. The van der Waals surface area contributed by atoms with Gasteiger partial charge in [-0.15, -0.1) is 0 Å². The molecule has 4 nitrogen and oxygen atoms in total. The van der Waals surface area contributed by atoms with Gasteiger partial charge in [-0.2, -0.15) is 0 Å². The number of rotatable bonds is 5. The van der Waals surface area contributed by atoms with E-state index in [4.69, 9.17) is 11.6 Å². The van der Waals surface area contributed by atoms with Crippen LogP contribution in [0.15, 0.2) is 24.3 Å². The fraction of sp³-hybridized carbons (Fsp3) is 0.588. The smallest absolute Gasteiger partial charge is 0.234 e. The summed E-state index contributed by atoms with van der Waals surface area (Å²) in [5.41, 5.74) is 0.550. The summed E-state index contributed by atoms with van der Waals surface area (Å²) in [6.07, 6.45) is 1.51. The second kappa shape index (κ2) is 7.44. The maximum Gasteiger partial charge on any atom is 0.234 e. The van der Waals surface area contributed by atoms with Crippen molar-refractivity contribution in [3.63, 3.8) is 0 Å². The van der Waals surface area contributed by atoms with Crippen molar-refractivity contribution in [3.05, 3.63) is 34.9 Å². The Morgan fingerprint density at radius 2 is 2.14 bits per heavy atom. The summed E-state index contributed by atoms with van der Waals surface area (Å²) in [5.74, 6) is 0.228. The second-order valence-electron chi connectivity index (χ2n) is 6.47. The van der Waals surface area contributed by atoms with E-state index >= 15 is 0 Å². The van der Waals surface area contributed by atoms with Gasteiger partial charge in [-0.3, -0.25) is 9.69 Å². The molecule has 0 saturated carbocycles. The lowest BCUT2D eigenvalue weighted by Gasteiger charge is -2.40. The van der Waals surface area contributed by atoms with Crippen molar-refractivity contribution < 1.29 is 9.90 Å². The fourth-order valence-electron chi connectivity index (χ4n) is 2.71. The van der Waals surface area contributed by atoms with Crippen molar-refractivity contribution in [3.8, 4) is 0 Å². The molecule has 0 spiro atoms. The lowest BCUT2D eigenvalue weighted by atomic mass is 9.84. The van der Waals surface area contributed by atoms with Gasteiger partial charge < -0.3 is 10.4 Å². The van der Waals surface area contributed by atoms with E-state index in [2.05, 4.69) is 10.2 Å². The van der Waals surface area contributed by atoms with E-state index < -0.39 is 5.60 Å². The number of nitrogens with zero attached hydrogens (tertiary/aromatic N) is 1. The van der Waals surface area contributed by atoms with E-state index in [1.807, 2.05) is 38.1 Å². The zero-order valence-corrected chi connectivity index (χ0v) is 14.1. The van der Waals surface area contributed by atoms with Crippen molar-refractivity contribution >= 4 is 17.5 Å². The molecule has 2 rings (SSSR count). The molecule has 22 heavy (non-hydrogen) atoms. The van der Waals surface area contributed by atoms with Crippen LogP contribution in [0.25, 0.3) is 0 Å². The lowest BCUT2D eigenvalue weighted by molar-refractivity contribution is -0.124. The molecule has 0 aromatic heterocycles. The van der Waals surface area contributed by atoms with Crippen LogP contribution in [0.1, 0.15) is 25.8 Å². The Bertz CT molecular complexity index is 502. The average molecular weight is 325 g/mol. The highest BCUT2D eigenvalue weighted by Gasteiger charge is 2.34. The molecule has 1 aliphatic heterocycles. The van der Waals surface area contributed by atoms with E-state index in [1.54, 1.807) is 0 Å². The molecule has 2 unspecified atom stereocenters. The Balaban J connectivity index is 1.69. The molecule has 122 valence electrons. The first kappa shape index (κ1) is 17.3. The van der Waals surface area contributed by atoms with E-state index in [0.717, 1.165) is 30.1 Å².